The summed E-state index contributed by atoms with van der Waals surface area (Å²) in [6, 6.07) is 5.33. The molecule has 2 amide bonds. The van der Waals surface area contributed by atoms with Gasteiger partial charge >= 0.3 is 6.09 Å². The lowest BCUT2D eigenvalue weighted by Gasteiger charge is -2.30. The van der Waals surface area contributed by atoms with E-state index in [1.54, 1.807) is 0 Å². The highest BCUT2D eigenvalue weighted by Crippen LogP contribution is 2.35. The molecule has 0 spiro atoms. The Morgan fingerprint density at radius 1 is 1.31 bits per heavy atom. The van der Waals surface area contributed by atoms with E-state index in [0.29, 0.717) is 6.54 Å². The number of aromatic nitrogens is 2. The van der Waals surface area contributed by atoms with Crippen LogP contribution >= 0.6 is 0 Å². The Hall–Kier alpha value is -3.29. The lowest BCUT2D eigenvalue weighted by molar-refractivity contribution is -0.135. The molecule has 0 radical (unpaired) electrons. The van der Waals surface area contributed by atoms with Crippen molar-refractivity contribution in [2.75, 3.05) is 13.7 Å². The van der Waals surface area contributed by atoms with Gasteiger partial charge in [-0.2, -0.15) is 0 Å². The van der Waals surface area contributed by atoms with Crippen LogP contribution in [0.5, 0.6) is 0 Å². The van der Waals surface area contributed by atoms with E-state index in [1.165, 1.54) is 7.11 Å². The van der Waals surface area contributed by atoms with Crippen LogP contribution in [0.15, 0.2) is 28.8 Å². The van der Waals surface area contributed by atoms with Crippen molar-refractivity contribution in [3.05, 3.63) is 41.5 Å². The molecule has 0 unspecified atom stereocenters. The number of hydrogen-bond acceptors (Lipinski definition) is 5. The Balaban J connectivity index is 1.62. The first-order valence-electron chi connectivity index (χ1n) is 11.0. The van der Waals surface area contributed by atoms with Gasteiger partial charge in [0.05, 0.1) is 25.0 Å². The molecule has 0 bridgehead atoms. The quantitative estimate of drug-likeness (QED) is 0.612. The number of amides is 2. The molecule has 170 valence electrons. The Morgan fingerprint density at radius 3 is 2.81 bits per heavy atom. The van der Waals surface area contributed by atoms with E-state index < -0.39 is 12.1 Å². The molecular formula is C24H30N4O4. The summed E-state index contributed by atoms with van der Waals surface area (Å²) >= 11 is 0. The zero-order valence-corrected chi connectivity index (χ0v) is 19.2. The molecule has 3 aromatic rings. The molecular weight excluding hydrogens is 408 g/mol. The second-order valence-electron chi connectivity index (χ2n) is 8.76. The lowest BCUT2D eigenvalue weighted by atomic mass is 10.0. The number of hydrogen-bond donors (Lipinski definition) is 2. The molecule has 8 heteroatoms. The highest BCUT2D eigenvalue weighted by molar-refractivity contribution is 5.95. The number of fused-ring (bicyclic) bond motifs is 1. The molecule has 8 nitrogen and oxygen atoms in total. The summed E-state index contributed by atoms with van der Waals surface area (Å²) in [6.07, 6.45) is 2.91. The fourth-order valence-corrected chi connectivity index (χ4v) is 4.45. The summed E-state index contributed by atoms with van der Waals surface area (Å²) < 4.78 is 10.6. The zero-order valence-electron chi connectivity index (χ0n) is 19.2. The van der Waals surface area contributed by atoms with Crippen molar-refractivity contribution in [2.24, 2.45) is 5.92 Å². The molecule has 0 aliphatic carbocycles. The fourth-order valence-electron chi connectivity index (χ4n) is 4.45. The van der Waals surface area contributed by atoms with E-state index >= 15 is 0 Å². The smallest absolute Gasteiger partial charge is 0.407 e. The Morgan fingerprint density at radius 2 is 2.09 bits per heavy atom. The molecule has 3 heterocycles. The maximum atomic E-state index is 13.3. The van der Waals surface area contributed by atoms with E-state index in [4.69, 9.17) is 9.15 Å². The van der Waals surface area contributed by atoms with Crippen LogP contribution in [0.25, 0.3) is 22.2 Å². The third-order valence-corrected chi connectivity index (χ3v) is 6.13. The monoisotopic (exact) mass is 438 g/mol. The van der Waals surface area contributed by atoms with Crippen LogP contribution in [0.3, 0.4) is 0 Å². The minimum Gasteiger partial charge on any atom is -0.461 e. The van der Waals surface area contributed by atoms with Crippen LogP contribution in [0, 0.1) is 19.8 Å². The topological polar surface area (TPSA) is 100 Å². The molecule has 1 aliphatic heterocycles. The zero-order chi connectivity index (χ0) is 23.0. The number of imidazole rings is 1. The maximum Gasteiger partial charge on any atom is 0.407 e. The average Bonchev–Trinajstić information content (AvgIpc) is 3.50. The summed E-state index contributed by atoms with van der Waals surface area (Å²) in [5.41, 5.74) is 3.87. The second-order valence-corrected chi connectivity index (χ2v) is 8.76. The number of benzene rings is 1. The predicted octanol–water partition coefficient (Wildman–Crippen LogP) is 4.48. The molecule has 1 aromatic carbocycles. The number of alkyl carbamates (subject to hydrolysis) is 1. The van der Waals surface area contributed by atoms with Crippen LogP contribution in [0.2, 0.25) is 0 Å². The summed E-state index contributed by atoms with van der Waals surface area (Å²) in [5, 5.41) is 3.72. The van der Waals surface area contributed by atoms with Crippen molar-refractivity contribution in [1.29, 1.82) is 0 Å². The Bertz CT molecular complexity index is 1150. The number of nitrogens with zero attached hydrogens (tertiary/aromatic N) is 2. The molecule has 0 saturated carbocycles. The SMILES string of the molecule is COC(=O)N[C@H](C(=O)N1CCC[C@H]1c1ncc(-c2ccc(C)c3oc(C)cc23)[nH]1)C(C)C. The van der Waals surface area contributed by atoms with Gasteiger partial charge in [-0.25, -0.2) is 9.78 Å². The minimum absolute atomic E-state index is 0.0693. The number of aromatic amines is 1. The van der Waals surface area contributed by atoms with Crippen molar-refractivity contribution in [3.8, 4) is 11.3 Å². The first-order valence-corrected chi connectivity index (χ1v) is 11.0. The highest BCUT2D eigenvalue weighted by atomic mass is 16.5. The first-order chi connectivity index (χ1) is 15.3. The number of aryl methyl sites for hydroxylation is 2. The normalized spacial score (nSPS) is 17.2. The number of nitrogens with one attached hydrogen (secondary N) is 2. The molecule has 32 heavy (non-hydrogen) atoms. The van der Waals surface area contributed by atoms with E-state index in [2.05, 4.69) is 21.4 Å². The van der Waals surface area contributed by atoms with E-state index in [9.17, 15) is 9.59 Å². The summed E-state index contributed by atoms with van der Waals surface area (Å²) in [4.78, 5) is 35.0. The molecule has 2 atom stereocenters. The van der Waals surface area contributed by atoms with Crippen molar-refractivity contribution < 1.29 is 18.7 Å². The lowest BCUT2D eigenvalue weighted by Crippen LogP contribution is -2.51. The molecule has 2 aromatic heterocycles. The van der Waals surface area contributed by atoms with Gasteiger partial charge in [0.1, 0.15) is 23.2 Å². The number of ether oxygens (including phenoxy) is 1. The molecule has 1 saturated heterocycles. The molecule has 1 aliphatic rings. The largest absolute Gasteiger partial charge is 0.461 e. The van der Waals surface area contributed by atoms with Crippen LogP contribution in [-0.2, 0) is 9.53 Å². The van der Waals surface area contributed by atoms with E-state index in [0.717, 1.165) is 52.2 Å². The number of H-pyrrole nitrogens is 1. The van der Waals surface area contributed by atoms with Crippen molar-refractivity contribution in [1.82, 2.24) is 20.2 Å². The van der Waals surface area contributed by atoms with E-state index in [1.807, 2.05) is 50.9 Å². The minimum atomic E-state index is -0.650. The van der Waals surface area contributed by atoms with Gasteiger partial charge in [-0.3, -0.25) is 4.79 Å². The fraction of sp³-hybridized carbons (Fsp3) is 0.458. The van der Waals surface area contributed by atoms with Gasteiger partial charge in [0, 0.05) is 17.5 Å². The standard InChI is InChI=1S/C24H30N4O4/c1-13(2)20(27-24(30)31-5)23(29)28-10-6-7-19(28)22-25-12-18(26-22)16-9-8-14(3)21-17(16)11-15(4)32-21/h8-9,11-13,19-20H,6-7,10H2,1-5H3,(H,25,26)(H,27,30)/t19-,20-/m0/s1. The van der Waals surface area contributed by atoms with Crippen LogP contribution in [0.1, 0.15) is 49.9 Å². The molecule has 1 fully saturated rings. The van der Waals surface area contributed by atoms with Crippen LogP contribution < -0.4 is 5.32 Å². The number of furan rings is 1. The first kappa shape index (κ1) is 21.9. The predicted molar refractivity (Wildman–Crippen MR) is 121 cm³/mol. The van der Waals surface area contributed by atoms with Gasteiger partial charge in [-0.1, -0.05) is 26.0 Å². The number of carbonyl (C=O) groups excluding carboxylic acids is 2. The molecule has 2 N–H and O–H groups in total. The summed E-state index contributed by atoms with van der Waals surface area (Å²) in [7, 11) is 1.30. The van der Waals surface area contributed by atoms with Crippen LogP contribution in [0.4, 0.5) is 4.79 Å². The van der Waals surface area contributed by atoms with E-state index in [-0.39, 0.29) is 17.9 Å². The van der Waals surface area contributed by atoms with Crippen LogP contribution in [-0.4, -0.2) is 46.6 Å². The van der Waals surface area contributed by atoms with Gasteiger partial charge in [0.2, 0.25) is 5.91 Å². The Kier molecular flexibility index (Phi) is 5.95. The highest BCUT2D eigenvalue weighted by Gasteiger charge is 2.37. The third-order valence-electron chi connectivity index (χ3n) is 6.13. The summed E-state index contributed by atoms with van der Waals surface area (Å²) in [5.74, 6) is 1.43. The van der Waals surface area contributed by atoms with Crippen molar-refractivity contribution >= 4 is 23.0 Å². The van der Waals surface area contributed by atoms with Gasteiger partial charge < -0.3 is 24.4 Å². The second kappa shape index (κ2) is 8.68. The Labute approximate surface area is 187 Å². The van der Waals surface area contributed by atoms with Gasteiger partial charge in [-0.05, 0) is 44.2 Å². The number of carbonyl (C=O) groups is 2. The number of methoxy groups -OCH3 is 1. The maximum absolute atomic E-state index is 13.3. The third kappa shape index (κ3) is 3.97. The molecule has 4 rings (SSSR count). The number of likely N-dealkylation sites (tertiary alicyclic amines) is 1. The van der Waals surface area contributed by atoms with Gasteiger partial charge in [-0.15, -0.1) is 0 Å². The van der Waals surface area contributed by atoms with Crippen molar-refractivity contribution in [3.63, 3.8) is 0 Å². The number of rotatable bonds is 5. The van der Waals surface area contributed by atoms with Crippen molar-refractivity contribution in [2.45, 2.75) is 52.6 Å². The van der Waals surface area contributed by atoms with Gasteiger partial charge in [0.25, 0.3) is 0 Å². The summed E-state index contributed by atoms with van der Waals surface area (Å²) in [6.45, 7) is 8.41. The van der Waals surface area contributed by atoms with Gasteiger partial charge in [0.15, 0.2) is 0 Å². The average molecular weight is 439 g/mol.